The van der Waals surface area contributed by atoms with Gasteiger partial charge >= 0.3 is 0 Å². The van der Waals surface area contributed by atoms with Gasteiger partial charge in [-0.25, -0.2) is 0 Å². The van der Waals surface area contributed by atoms with E-state index in [0.717, 1.165) is 10.0 Å². The molecular formula is C9H10BrClN2O. The van der Waals surface area contributed by atoms with E-state index in [4.69, 9.17) is 23.1 Å². The van der Waals surface area contributed by atoms with Crippen molar-refractivity contribution in [1.82, 2.24) is 0 Å². The molecule has 0 aliphatic heterocycles. The summed E-state index contributed by atoms with van der Waals surface area (Å²) in [5, 5.41) is 0.535. The van der Waals surface area contributed by atoms with E-state index in [2.05, 4.69) is 15.9 Å². The predicted molar refractivity (Wildman–Crippen MR) is 59.9 cm³/mol. The summed E-state index contributed by atoms with van der Waals surface area (Å²) in [5.41, 5.74) is 11.5. The van der Waals surface area contributed by atoms with Crippen LogP contribution in [0.4, 0.5) is 0 Å². The highest BCUT2D eigenvalue weighted by molar-refractivity contribution is 9.10. The van der Waals surface area contributed by atoms with Crippen molar-refractivity contribution in [1.29, 1.82) is 0 Å². The van der Waals surface area contributed by atoms with Crippen molar-refractivity contribution < 1.29 is 4.79 Å². The average Bonchev–Trinajstić information content (AvgIpc) is 2.01. The van der Waals surface area contributed by atoms with E-state index < -0.39 is 11.9 Å². The first-order valence-electron chi connectivity index (χ1n) is 3.99. The molecule has 0 bridgehead atoms. The van der Waals surface area contributed by atoms with Gasteiger partial charge in [0.05, 0.1) is 0 Å². The molecule has 0 radical (unpaired) electrons. The zero-order chi connectivity index (χ0) is 10.7. The quantitative estimate of drug-likeness (QED) is 0.887. The molecule has 14 heavy (non-hydrogen) atoms. The van der Waals surface area contributed by atoms with Crippen LogP contribution < -0.4 is 11.5 Å². The average molecular weight is 278 g/mol. The molecule has 1 rings (SSSR count). The second-order valence-electron chi connectivity index (χ2n) is 2.94. The van der Waals surface area contributed by atoms with Crippen molar-refractivity contribution in [3.05, 3.63) is 33.3 Å². The first-order chi connectivity index (χ1) is 6.50. The molecule has 1 atom stereocenters. The van der Waals surface area contributed by atoms with Crippen LogP contribution in [0.2, 0.25) is 5.02 Å². The highest BCUT2D eigenvalue weighted by Crippen LogP contribution is 2.26. The van der Waals surface area contributed by atoms with E-state index in [1.165, 1.54) is 0 Å². The van der Waals surface area contributed by atoms with Crippen LogP contribution in [0.25, 0.3) is 0 Å². The van der Waals surface area contributed by atoms with Gasteiger partial charge in [0.1, 0.15) is 0 Å². The minimum absolute atomic E-state index is 0.0986. The molecule has 0 spiro atoms. The molecule has 1 aromatic rings. The van der Waals surface area contributed by atoms with Crippen LogP contribution in [0.1, 0.15) is 18.0 Å². The number of carbonyl (C=O) groups excluding carboxylic acids is 1. The largest absolute Gasteiger partial charge is 0.370 e. The normalized spacial score (nSPS) is 12.5. The molecule has 76 valence electrons. The Labute approximate surface area is 95.5 Å². The van der Waals surface area contributed by atoms with Crippen LogP contribution in [0.5, 0.6) is 0 Å². The smallest absolute Gasteiger partial charge is 0.219 e. The van der Waals surface area contributed by atoms with Crippen LogP contribution >= 0.6 is 27.5 Å². The molecule has 0 heterocycles. The van der Waals surface area contributed by atoms with Gasteiger partial charge in [0, 0.05) is 22.0 Å². The van der Waals surface area contributed by atoms with Crippen LogP contribution in [0, 0.1) is 0 Å². The summed E-state index contributed by atoms with van der Waals surface area (Å²) in [7, 11) is 0. The van der Waals surface area contributed by atoms with Crippen molar-refractivity contribution in [2.24, 2.45) is 11.5 Å². The summed E-state index contributed by atoms with van der Waals surface area (Å²) in [6.07, 6.45) is 0.0986. The molecule has 0 aliphatic carbocycles. The number of primary amides is 1. The van der Waals surface area contributed by atoms with Crippen molar-refractivity contribution in [3.63, 3.8) is 0 Å². The molecule has 1 amide bonds. The lowest BCUT2D eigenvalue weighted by Gasteiger charge is -2.11. The Morgan fingerprint density at radius 1 is 1.57 bits per heavy atom. The van der Waals surface area contributed by atoms with Crippen LogP contribution in [0.15, 0.2) is 22.7 Å². The number of rotatable bonds is 3. The fraction of sp³-hybridized carbons (Fsp3) is 0.222. The molecule has 0 saturated heterocycles. The highest BCUT2D eigenvalue weighted by Gasteiger charge is 2.12. The van der Waals surface area contributed by atoms with Crippen molar-refractivity contribution in [3.8, 4) is 0 Å². The van der Waals surface area contributed by atoms with Crippen LogP contribution in [-0.2, 0) is 4.79 Å². The minimum Gasteiger partial charge on any atom is -0.370 e. The maximum atomic E-state index is 10.7. The lowest BCUT2D eigenvalue weighted by molar-refractivity contribution is -0.118. The Kier molecular flexibility index (Phi) is 3.92. The van der Waals surface area contributed by atoms with E-state index in [-0.39, 0.29) is 6.42 Å². The van der Waals surface area contributed by atoms with Gasteiger partial charge in [-0.2, -0.15) is 0 Å². The third-order valence-corrected chi connectivity index (χ3v) is 2.60. The Bertz CT molecular complexity index is 357. The molecule has 3 nitrogen and oxygen atoms in total. The number of hydrogen-bond donors (Lipinski definition) is 2. The third kappa shape index (κ3) is 2.97. The molecule has 0 unspecified atom stereocenters. The van der Waals surface area contributed by atoms with Gasteiger partial charge in [0.25, 0.3) is 0 Å². The highest BCUT2D eigenvalue weighted by atomic mass is 79.9. The fourth-order valence-electron chi connectivity index (χ4n) is 1.13. The SMILES string of the molecule is NC(=O)C[C@H](N)c1ccc(Br)cc1Cl. The number of amides is 1. The van der Waals surface area contributed by atoms with Gasteiger partial charge in [0.15, 0.2) is 0 Å². The summed E-state index contributed by atoms with van der Waals surface area (Å²) in [5.74, 6) is -0.434. The predicted octanol–water partition coefficient (Wildman–Crippen LogP) is 1.98. The Morgan fingerprint density at radius 2 is 2.21 bits per heavy atom. The van der Waals surface area contributed by atoms with Gasteiger partial charge in [-0.3, -0.25) is 4.79 Å². The molecule has 1 aromatic carbocycles. The van der Waals surface area contributed by atoms with E-state index in [1.54, 1.807) is 12.1 Å². The lowest BCUT2D eigenvalue weighted by Crippen LogP contribution is -2.20. The van der Waals surface area contributed by atoms with E-state index >= 15 is 0 Å². The maximum Gasteiger partial charge on any atom is 0.219 e. The molecule has 0 saturated carbocycles. The van der Waals surface area contributed by atoms with Crippen molar-refractivity contribution >= 4 is 33.4 Å². The van der Waals surface area contributed by atoms with E-state index in [9.17, 15) is 4.79 Å². The number of carbonyl (C=O) groups is 1. The first kappa shape index (κ1) is 11.5. The second-order valence-corrected chi connectivity index (χ2v) is 4.27. The lowest BCUT2D eigenvalue weighted by atomic mass is 10.0. The number of hydrogen-bond acceptors (Lipinski definition) is 2. The molecular weight excluding hydrogens is 267 g/mol. The fourth-order valence-corrected chi connectivity index (χ4v) is 1.94. The summed E-state index contributed by atoms with van der Waals surface area (Å²) >= 11 is 9.23. The minimum atomic E-state index is -0.437. The third-order valence-electron chi connectivity index (χ3n) is 1.78. The first-order valence-corrected chi connectivity index (χ1v) is 5.16. The van der Waals surface area contributed by atoms with Gasteiger partial charge in [-0.05, 0) is 17.7 Å². The van der Waals surface area contributed by atoms with Gasteiger partial charge in [0.2, 0.25) is 5.91 Å². The van der Waals surface area contributed by atoms with E-state index in [1.807, 2.05) is 6.07 Å². The Balaban J connectivity index is 2.90. The van der Waals surface area contributed by atoms with Crippen molar-refractivity contribution in [2.75, 3.05) is 0 Å². The summed E-state index contributed by atoms with van der Waals surface area (Å²) in [6.45, 7) is 0. The maximum absolute atomic E-state index is 10.7. The van der Waals surface area contributed by atoms with Gasteiger partial charge in [-0.15, -0.1) is 0 Å². The zero-order valence-corrected chi connectivity index (χ0v) is 9.68. The van der Waals surface area contributed by atoms with E-state index in [0.29, 0.717) is 5.02 Å². The Morgan fingerprint density at radius 3 is 2.71 bits per heavy atom. The monoisotopic (exact) mass is 276 g/mol. The summed E-state index contributed by atoms with van der Waals surface area (Å²) in [4.78, 5) is 10.7. The standard InChI is InChI=1S/C9H10BrClN2O/c10-5-1-2-6(7(11)3-5)8(12)4-9(13)14/h1-3,8H,4,12H2,(H2,13,14)/t8-/m0/s1. The summed E-state index contributed by atoms with van der Waals surface area (Å²) in [6, 6.07) is 4.90. The van der Waals surface area contributed by atoms with Crippen LogP contribution in [0.3, 0.4) is 0 Å². The topological polar surface area (TPSA) is 69.1 Å². The number of nitrogens with two attached hydrogens (primary N) is 2. The van der Waals surface area contributed by atoms with Gasteiger partial charge < -0.3 is 11.5 Å². The second kappa shape index (κ2) is 4.77. The molecule has 0 fully saturated rings. The summed E-state index contributed by atoms with van der Waals surface area (Å²) < 4.78 is 0.873. The molecule has 4 N–H and O–H groups in total. The molecule has 0 aromatic heterocycles. The molecule has 0 aliphatic rings. The Hall–Kier alpha value is -0.580. The molecule has 5 heteroatoms. The number of benzene rings is 1. The van der Waals surface area contributed by atoms with Crippen molar-refractivity contribution in [2.45, 2.75) is 12.5 Å². The van der Waals surface area contributed by atoms with Crippen LogP contribution in [-0.4, -0.2) is 5.91 Å². The van der Waals surface area contributed by atoms with Gasteiger partial charge in [-0.1, -0.05) is 33.6 Å². The zero-order valence-electron chi connectivity index (χ0n) is 7.34. The number of halogens is 2.